The van der Waals surface area contributed by atoms with Gasteiger partial charge in [-0.1, -0.05) is 0 Å². The van der Waals surface area contributed by atoms with Crippen LogP contribution in [0.15, 0.2) is 0 Å². The maximum atomic E-state index is 12.1. The number of piperazine rings is 1. The van der Waals surface area contributed by atoms with E-state index in [4.69, 9.17) is 5.11 Å². The molecule has 2 aliphatic rings. The Balaban J connectivity index is 1.76. The Bertz CT molecular complexity index is 334. The van der Waals surface area contributed by atoms with E-state index in [-0.39, 0.29) is 5.91 Å². The molecule has 0 bridgehead atoms. The first-order valence-corrected chi connectivity index (χ1v) is 7.03. The number of carboxylic acid groups (broad SMARTS) is 1. The quantitative estimate of drug-likeness (QED) is 0.727. The second-order valence-electron chi connectivity index (χ2n) is 5.49. The lowest BCUT2D eigenvalue weighted by Crippen LogP contribution is -2.53. The van der Waals surface area contributed by atoms with Crippen molar-refractivity contribution in [1.29, 1.82) is 0 Å². The maximum absolute atomic E-state index is 12.1. The van der Waals surface area contributed by atoms with Crippen LogP contribution in [0.3, 0.4) is 0 Å². The van der Waals surface area contributed by atoms with E-state index >= 15 is 0 Å². The summed E-state index contributed by atoms with van der Waals surface area (Å²) in [4.78, 5) is 26.8. The summed E-state index contributed by atoms with van der Waals surface area (Å²) in [5.74, 6) is -0.100. The number of aliphatic carboxylic acids is 1. The summed E-state index contributed by atoms with van der Waals surface area (Å²) >= 11 is 0. The lowest BCUT2D eigenvalue weighted by Gasteiger charge is -2.36. The van der Waals surface area contributed by atoms with E-state index < -0.39 is 12.0 Å². The third-order valence-corrected chi connectivity index (χ3v) is 4.20. The van der Waals surface area contributed by atoms with Crippen molar-refractivity contribution in [3.05, 3.63) is 0 Å². The topological polar surface area (TPSA) is 72.9 Å². The monoisotopic (exact) mass is 269 g/mol. The molecular weight excluding hydrogens is 246 g/mol. The number of rotatable bonds is 4. The van der Waals surface area contributed by atoms with Gasteiger partial charge in [0, 0.05) is 32.6 Å². The predicted molar refractivity (Wildman–Crippen MR) is 70.8 cm³/mol. The number of hydrogen-bond donors (Lipinski definition) is 2. The molecule has 0 aromatic carbocycles. The van der Waals surface area contributed by atoms with Crippen molar-refractivity contribution in [3.63, 3.8) is 0 Å². The van der Waals surface area contributed by atoms with Crippen LogP contribution in [0.25, 0.3) is 0 Å². The van der Waals surface area contributed by atoms with Crippen LogP contribution in [-0.2, 0) is 9.59 Å². The predicted octanol–water partition coefficient (Wildman–Crippen LogP) is -0.397. The zero-order valence-corrected chi connectivity index (χ0v) is 11.5. The van der Waals surface area contributed by atoms with Crippen molar-refractivity contribution in [2.75, 3.05) is 39.3 Å². The second kappa shape index (κ2) is 6.34. The summed E-state index contributed by atoms with van der Waals surface area (Å²) in [5, 5.41) is 12.2. The zero-order chi connectivity index (χ0) is 13.8. The molecule has 1 amide bonds. The zero-order valence-electron chi connectivity index (χ0n) is 11.5. The Hall–Kier alpha value is -1.14. The number of carboxylic acids is 1. The molecule has 2 rings (SSSR count). The normalized spacial score (nSPS) is 26.4. The van der Waals surface area contributed by atoms with E-state index in [2.05, 4.69) is 5.32 Å². The number of nitrogens with one attached hydrogen (secondary N) is 1. The number of amides is 1. The fraction of sp³-hybridized carbons (Fsp3) is 0.846. The molecule has 2 fully saturated rings. The highest BCUT2D eigenvalue weighted by molar-refractivity contribution is 5.77. The van der Waals surface area contributed by atoms with Crippen LogP contribution in [-0.4, -0.2) is 72.1 Å². The van der Waals surface area contributed by atoms with Crippen molar-refractivity contribution in [1.82, 2.24) is 15.1 Å². The molecule has 6 heteroatoms. The molecule has 0 aromatic heterocycles. The fourth-order valence-corrected chi connectivity index (χ4v) is 2.78. The average molecular weight is 269 g/mol. The Labute approximate surface area is 113 Å². The van der Waals surface area contributed by atoms with Gasteiger partial charge in [0.1, 0.15) is 6.04 Å². The molecule has 2 aliphatic heterocycles. The molecule has 0 radical (unpaired) electrons. The fourth-order valence-electron chi connectivity index (χ4n) is 2.78. The highest BCUT2D eigenvalue weighted by Crippen LogP contribution is 2.15. The van der Waals surface area contributed by atoms with Crippen molar-refractivity contribution in [2.45, 2.75) is 25.8 Å². The van der Waals surface area contributed by atoms with Crippen LogP contribution in [0.5, 0.6) is 0 Å². The Morgan fingerprint density at radius 2 is 2.00 bits per heavy atom. The summed E-state index contributed by atoms with van der Waals surface area (Å²) in [5.41, 5.74) is 0. The van der Waals surface area contributed by atoms with Crippen molar-refractivity contribution >= 4 is 11.9 Å². The minimum absolute atomic E-state index is 0.219. The number of nitrogens with zero attached hydrogens (tertiary/aromatic N) is 2. The van der Waals surface area contributed by atoms with Gasteiger partial charge in [0.2, 0.25) is 5.91 Å². The number of carbonyl (C=O) groups is 2. The molecule has 6 nitrogen and oxygen atoms in total. The molecule has 0 aliphatic carbocycles. The molecule has 2 N–H and O–H groups in total. The van der Waals surface area contributed by atoms with Crippen LogP contribution in [0.1, 0.15) is 19.8 Å². The van der Waals surface area contributed by atoms with E-state index in [1.807, 2.05) is 9.80 Å². The van der Waals surface area contributed by atoms with Crippen LogP contribution in [0.4, 0.5) is 0 Å². The minimum Gasteiger partial charge on any atom is -0.480 e. The molecule has 0 spiro atoms. The smallest absolute Gasteiger partial charge is 0.320 e. The first kappa shape index (κ1) is 14.3. The van der Waals surface area contributed by atoms with Gasteiger partial charge in [-0.2, -0.15) is 0 Å². The molecule has 108 valence electrons. The summed E-state index contributed by atoms with van der Waals surface area (Å²) in [7, 11) is 0. The molecule has 2 atom stereocenters. The molecule has 19 heavy (non-hydrogen) atoms. The van der Waals surface area contributed by atoms with Crippen molar-refractivity contribution in [2.24, 2.45) is 5.92 Å². The molecular formula is C13H23N3O3. The van der Waals surface area contributed by atoms with Crippen molar-refractivity contribution in [3.8, 4) is 0 Å². The maximum Gasteiger partial charge on any atom is 0.320 e. The van der Waals surface area contributed by atoms with Gasteiger partial charge >= 0.3 is 5.97 Å². The van der Waals surface area contributed by atoms with Gasteiger partial charge in [-0.25, -0.2) is 0 Å². The first-order chi connectivity index (χ1) is 9.08. The highest BCUT2D eigenvalue weighted by atomic mass is 16.4. The van der Waals surface area contributed by atoms with Crippen molar-refractivity contribution < 1.29 is 14.7 Å². The van der Waals surface area contributed by atoms with Crippen LogP contribution < -0.4 is 5.32 Å². The van der Waals surface area contributed by atoms with Gasteiger partial charge in [0.05, 0.1) is 0 Å². The molecule has 0 aromatic rings. The number of carbonyl (C=O) groups excluding carboxylic acids is 1. The SMILES string of the molecule is CC(C(=O)O)N1CCN(C(=O)CC2CCNC2)CC1. The van der Waals surface area contributed by atoms with E-state index in [1.54, 1.807) is 6.92 Å². The van der Waals surface area contributed by atoms with E-state index in [0.717, 1.165) is 19.5 Å². The lowest BCUT2D eigenvalue weighted by atomic mass is 10.0. The Morgan fingerprint density at radius 3 is 2.53 bits per heavy atom. The Morgan fingerprint density at radius 1 is 1.32 bits per heavy atom. The van der Waals surface area contributed by atoms with Gasteiger partial charge in [-0.15, -0.1) is 0 Å². The van der Waals surface area contributed by atoms with E-state index in [1.165, 1.54) is 0 Å². The summed E-state index contributed by atoms with van der Waals surface area (Å²) < 4.78 is 0. The first-order valence-electron chi connectivity index (χ1n) is 7.03. The minimum atomic E-state index is -0.795. The third kappa shape index (κ3) is 3.67. The van der Waals surface area contributed by atoms with Crippen LogP contribution >= 0.6 is 0 Å². The Kier molecular flexibility index (Phi) is 4.76. The lowest BCUT2D eigenvalue weighted by molar-refractivity contribution is -0.144. The largest absolute Gasteiger partial charge is 0.480 e. The van der Waals surface area contributed by atoms with E-state index in [0.29, 0.717) is 38.5 Å². The molecule has 2 unspecified atom stereocenters. The van der Waals surface area contributed by atoms with Gasteiger partial charge in [0.15, 0.2) is 0 Å². The molecule has 2 saturated heterocycles. The average Bonchev–Trinajstić information content (AvgIpc) is 2.90. The van der Waals surface area contributed by atoms with Gasteiger partial charge in [-0.3, -0.25) is 14.5 Å². The summed E-state index contributed by atoms with van der Waals surface area (Å²) in [6.07, 6.45) is 1.71. The van der Waals surface area contributed by atoms with Gasteiger partial charge < -0.3 is 15.3 Å². The van der Waals surface area contributed by atoms with Crippen LogP contribution in [0.2, 0.25) is 0 Å². The highest BCUT2D eigenvalue weighted by Gasteiger charge is 2.28. The molecule has 0 saturated carbocycles. The number of hydrogen-bond acceptors (Lipinski definition) is 4. The third-order valence-electron chi connectivity index (χ3n) is 4.20. The van der Waals surface area contributed by atoms with E-state index in [9.17, 15) is 9.59 Å². The standard InChI is InChI=1S/C13H23N3O3/c1-10(13(18)19)15-4-6-16(7-5-15)12(17)8-11-2-3-14-9-11/h10-11,14H,2-9H2,1H3,(H,18,19). The van der Waals surface area contributed by atoms with Gasteiger partial charge in [0.25, 0.3) is 0 Å². The summed E-state index contributed by atoms with van der Waals surface area (Å²) in [6, 6.07) is -0.462. The van der Waals surface area contributed by atoms with Crippen LogP contribution in [0, 0.1) is 5.92 Å². The van der Waals surface area contributed by atoms with Gasteiger partial charge in [-0.05, 0) is 32.4 Å². The second-order valence-corrected chi connectivity index (χ2v) is 5.49. The molecule has 2 heterocycles. The summed E-state index contributed by atoms with van der Waals surface area (Å²) in [6.45, 7) is 6.27.